The normalized spacial score (nSPS) is 11.4. The number of nitrogens with zero attached hydrogens (tertiary/aromatic N) is 2. The lowest BCUT2D eigenvalue weighted by Gasteiger charge is -2.18. The summed E-state index contributed by atoms with van der Waals surface area (Å²) in [7, 11) is 1.67. The van der Waals surface area contributed by atoms with E-state index in [0.717, 1.165) is 6.42 Å². The number of rotatable bonds is 6. The van der Waals surface area contributed by atoms with Crippen LogP contribution in [0.15, 0.2) is 6.07 Å². The highest BCUT2D eigenvalue weighted by Gasteiger charge is 2.19. The molecular formula is C12H22N4O2. The molecule has 0 spiro atoms. The Bertz CT molecular complexity index is 377. The Hall–Kier alpha value is -1.40. The van der Waals surface area contributed by atoms with Crippen LogP contribution in [0.25, 0.3) is 0 Å². The van der Waals surface area contributed by atoms with Crippen molar-refractivity contribution in [2.24, 2.45) is 5.84 Å². The van der Waals surface area contributed by atoms with Crippen LogP contribution in [0.5, 0.6) is 5.88 Å². The van der Waals surface area contributed by atoms with Gasteiger partial charge in [0.05, 0.1) is 6.61 Å². The third-order valence-corrected chi connectivity index (χ3v) is 2.26. The second kappa shape index (κ2) is 6.51. The molecule has 102 valence electrons. The highest BCUT2D eigenvalue weighted by molar-refractivity contribution is 5.37. The Morgan fingerprint density at radius 1 is 1.28 bits per heavy atom. The van der Waals surface area contributed by atoms with E-state index >= 15 is 0 Å². The summed E-state index contributed by atoms with van der Waals surface area (Å²) in [5.74, 6) is 7.16. The zero-order valence-electron chi connectivity index (χ0n) is 11.5. The number of nitrogen functional groups attached to an aromatic ring is 1. The Kier molecular flexibility index (Phi) is 5.30. The van der Waals surface area contributed by atoms with Crippen LogP contribution < -0.4 is 16.0 Å². The van der Waals surface area contributed by atoms with Crippen LogP contribution in [0.1, 0.15) is 33.0 Å². The van der Waals surface area contributed by atoms with Gasteiger partial charge in [0.1, 0.15) is 11.6 Å². The number of methoxy groups -OCH3 is 1. The Morgan fingerprint density at radius 3 is 2.56 bits per heavy atom. The van der Waals surface area contributed by atoms with Crippen molar-refractivity contribution in [2.75, 3.05) is 25.7 Å². The van der Waals surface area contributed by atoms with E-state index in [4.69, 9.17) is 15.3 Å². The highest BCUT2D eigenvalue weighted by Crippen LogP contribution is 2.22. The molecule has 6 nitrogen and oxygen atoms in total. The molecule has 0 aliphatic carbocycles. The predicted octanol–water partition coefficient (Wildman–Crippen LogP) is 1.48. The van der Waals surface area contributed by atoms with Crippen molar-refractivity contribution < 1.29 is 9.47 Å². The summed E-state index contributed by atoms with van der Waals surface area (Å²) < 4.78 is 10.5. The largest absolute Gasteiger partial charge is 0.477 e. The van der Waals surface area contributed by atoms with Gasteiger partial charge in [0, 0.05) is 31.6 Å². The van der Waals surface area contributed by atoms with Gasteiger partial charge in [-0.25, -0.2) is 10.8 Å². The van der Waals surface area contributed by atoms with E-state index in [1.165, 1.54) is 0 Å². The zero-order valence-corrected chi connectivity index (χ0v) is 11.5. The van der Waals surface area contributed by atoms with E-state index in [2.05, 4.69) is 15.4 Å². The molecule has 0 fully saturated rings. The van der Waals surface area contributed by atoms with E-state index in [1.54, 1.807) is 13.2 Å². The van der Waals surface area contributed by atoms with Crippen molar-refractivity contribution in [3.8, 4) is 5.88 Å². The molecular weight excluding hydrogens is 232 g/mol. The number of aromatic nitrogens is 2. The van der Waals surface area contributed by atoms with E-state index in [1.807, 2.05) is 20.8 Å². The summed E-state index contributed by atoms with van der Waals surface area (Å²) in [6.45, 7) is 7.34. The minimum Gasteiger partial charge on any atom is -0.477 e. The van der Waals surface area contributed by atoms with Gasteiger partial charge in [-0.15, -0.1) is 0 Å². The van der Waals surface area contributed by atoms with Crippen LogP contribution in [-0.2, 0) is 10.2 Å². The molecule has 6 heteroatoms. The van der Waals surface area contributed by atoms with Crippen molar-refractivity contribution in [1.29, 1.82) is 0 Å². The van der Waals surface area contributed by atoms with Gasteiger partial charge >= 0.3 is 0 Å². The summed E-state index contributed by atoms with van der Waals surface area (Å²) in [5.41, 5.74) is 2.37. The summed E-state index contributed by atoms with van der Waals surface area (Å²) in [5, 5.41) is 0. The predicted molar refractivity (Wildman–Crippen MR) is 70.5 cm³/mol. The lowest BCUT2D eigenvalue weighted by Crippen LogP contribution is -2.19. The molecule has 0 radical (unpaired) electrons. The second-order valence-corrected chi connectivity index (χ2v) is 5.00. The molecule has 1 heterocycles. The SMILES string of the molecule is COCCCOc1cc(NN)nc(C(C)(C)C)n1. The van der Waals surface area contributed by atoms with Crippen LogP contribution >= 0.6 is 0 Å². The van der Waals surface area contributed by atoms with Crippen molar-refractivity contribution in [3.05, 3.63) is 11.9 Å². The summed E-state index contributed by atoms with van der Waals surface area (Å²) >= 11 is 0. The van der Waals surface area contributed by atoms with E-state index in [0.29, 0.717) is 30.7 Å². The lowest BCUT2D eigenvalue weighted by atomic mass is 9.96. The highest BCUT2D eigenvalue weighted by atomic mass is 16.5. The van der Waals surface area contributed by atoms with Gasteiger partial charge in [-0.2, -0.15) is 4.98 Å². The molecule has 0 saturated carbocycles. The first-order valence-electron chi connectivity index (χ1n) is 5.95. The summed E-state index contributed by atoms with van der Waals surface area (Å²) in [6.07, 6.45) is 0.816. The van der Waals surface area contributed by atoms with Gasteiger partial charge < -0.3 is 14.9 Å². The number of anilines is 1. The average molecular weight is 254 g/mol. The number of ether oxygens (including phenoxy) is 2. The molecule has 1 aromatic rings. The molecule has 0 atom stereocenters. The van der Waals surface area contributed by atoms with Crippen LogP contribution in [-0.4, -0.2) is 30.3 Å². The molecule has 0 aliphatic heterocycles. The molecule has 1 aromatic heterocycles. The van der Waals surface area contributed by atoms with Crippen molar-refractivity contribution >= 4 is 5.82 Å². The van der Waals surface area contributed by atoms with Crippen molar-refractivity contribution in [3.63, 3.8) is 0 Å². The minimum absolute atomic E-state index is 0.155. The molecule has 0 bridgehead atoms. The van der Waals surface area contributed by atoms with E-state index in [-0.39, 0.29) is 5.41 Å². The first kappa shape index (κ1) is 14.7. The maximum atomic E-state index is 5.56. The van der Waals surface area contributed by atoms with Crippen molar-refractivity contribution in [1.82, 2.24) is 9.97 Å². The molecule has 0 aliphatic rings. The standard InChI is InChI=1S/C12H22N4O2/c1-12(2,3)11-14-9(16-13)8-10(15-11)18-7-5-6-17-4/h8H,5-7,13H2,1-4H3,(H,14,15,16). The molecule has 0 aromatic carbocycles. The zero-order chi connectivity index (χ0) is 13.6. The van der Waals surface area contributed by atoms with Gasteiger partial charge in [0.2, 0.25) is 5.88 Å². The average Bonchev–Trinajstić information content (AvgIpc) is 2.33. The fourth-order valence-electron chi connectivity index (χ4n) is 1.29. The van der Waals surface area contributed by atoms with Crippen LogP contribution in [0.3, 0.4) is 0 Å². The summed E-state index contributed by atoms with van der Waals surface area (Å²) in [6, 6.07) is 1.68. The fourth-order valence-corrected chi connectivity index (χ4v) is 1.29. The smallest absolute Gasteiger partial charge is 0.218 e. The number of hydrogen-bond donors (Lipinski definition) is 2. The monoisotopic (exact) mass is 254 g/mol. The van der Waals surface area contributed by atoms with Gasteiger partial charge in [-0.05, 0) is 0 Å². The van der Waals surface area contributed by atoms with Gasteiger partial charge in [-0.1, -0.05) is 20.8 Å². The van der Waals surface area contributed by atoms with Crippen LogP contribution in [0.4, 0.5) is 5.82 Å². The first-order chi connectivity index (χ1) is 8.47. The topological polar surface area (TPSA) is 82.3 Å². The van der Waals surface area contributed by atoms with Crippen LogP contribution in [0, 0.1) is 0 Å². The Labute approximate surface area is 108 Å². The van der Waals surface area contributed by atoms with Gasteiger partial charge in [-0.3, -0.25) is 0 Å². The lowest BCUT2D eigenvalue weighted by molar-refractivity contribution is 0.170. The third-order valence-electron chi connectivity index (χ3n) is 2.26. The fraction of sp³-hybridized carbons (Fsp3) is 0.667. The quantitative estimate of drug-likeness (QED) is 0.454. The Morgan fingerprint density at radius 2 is 2.00 bits per heavy atom. The van der Waals surface area contributed by atoms with E-state index < -0.39 is 0 Å². The minimum atomic E-state index is -0.155. The molecule has 0 unspecified atom stereocenters. The third kappa shape index (κ3) is 4.46. The number of hydrazine groups is 1. The number of hydrogen-bond acceptors (Lipinski definition) is 6. The maximum Gasteiger partial charge on any atom is 0.218 e. The van der Waals surface area contributed by atoms with Gasteiger partial charge in [0.15, 0.2) is 0 Å². The first-order valence-corrected chi connectivity index (χ1v) is 5.95. The van der Waals surface area contributed by atoms with Gasteiger partial charge in [0.25, 0.3) is 0 Å². The van der Waals surface area contributed by atoms with E-state index in [9.17, 15) is 0 Å². The number of nitrogens with two attached hydrogens (primary N) is 1. The number of nitrogens with one attached hydrogen (secondary N) is 1. The summed E-state index contributed by atoms with van der Waals surface area (Å²) in [4.78, 5) is 8.70. The molecule has 0 saturated heterocycles. The molecule has 18 heavy (non-hydrogen) atoms. The van der Waals surface area contributed by atoms with Crippen LogP contribution in [0.2, 0.25) is 0 Å². The maximum absolute atomic E-state index is 5.56. The molecule has 1 rings (SSSR count). The Balaban J connectivity index is 2.78. The molecule has 3 N–H and O–H groups in total. The second-order valence-electron chi connectivity index (χ2n) is 5.00. The molecule has 0 amide bonds. The van der Waals surface area contributed by atoms with Crippen molar-refractivity contribution in [2.45, 2.75) is 32.6 Å².